The van der Waals surface area contributed by atoms with Gasteiger partial charge in [-0.1, -0.05) is 43.0 Å². The Morgan fingerprint density at radius 3 is 2.71 bits per heavy atom. The molecule has 3 N–H and O–H groups in total. The molecule has 3 heterocycles. The Morgan fingerprint density at radius 1 is 1.17 bits per heavy atom. The van der Waals surface area contributed by atoms with Crippen molar-refractivity contribution in [3.05, 3.63) is 99.3 Å². The monoisotopic (exact) mass is 485 g/mol. The van der Waals surface area contributed by atoms with E-state index in [2.05, 4.69) is 63.5 Å². The molecule has 2 aromatic carbocycles. The second-order valence-electron chi connectivity index (χ2n) is 9.25. The van der Waals surface area contributed by atoms with Crippen molar-refractivity contribution in [3.8, 4) is 5.75 Å². The predicted molar refractivity (Wildman–Crippen MR) is 146 cm³/mol. The highest BCUT2D eigenvalue weighted by Crippen LogP contribution is 2.39. The number of nitrogens with zero attached hydrogens (tertiary/aromatic N) is 1. The topological polar surface area (TPSA) is 68.9 Å². The van der Waals surface area contributed by atoms with Crippen LogP contribution in [0.1, 0.15) is 44.7 Å². The first-order chi connectivity index (χ1) is 16.8. The fraction of sp³-hybridized carbons (Fsp3) is 0.276. The summed E-state index contributed by atoms with van der Waals surface area (Å²) in [6, 6.07) is 12.1. The number of anilines is 2. The van der Waals surface area contributed by atoms with Crippen molar-refractivity contribution in [1.29, 1.82) is 0 Å². The van der Waals surface area contributed by atoms with Crippen LogP contribution >= 0.6 is 11.3 Å². The molecule has 2 aliphatic rings. The Labute approximate surface area is 211 Å². The second kappa shape index (κ2) is 9.36. The second-order valence-corrected chi connectivity index (χ2v) is 10.5. The first-order valence-corrected chi connectivity index (χ1v) is 12.7. The molecule has 5 nitrogen and oxygen atoms in total. The molecule has 2 aliphatic heterocycles. The smallest absolute Gasteiger partial charge is 0.132 e. The number of benzene rings is 2. The molecule has 6 heteroatoms. The number of rotatable bonds is 5. The van der Waals surface area contributed by atoms with E-state index < -0.39 is 0 Å². The van der Waals surface area contributed by atoms with Gasteiger partial charge in [-0.15, -0.1) is 11.3 Å². The number of nitrogens with one attached hydrogen (secondary N) is 1. The molecular formula is C29H31N3O2S. The van der Waals surface area contributed by atoms with Gasteiger partial charge in [0, 0.05) is 39.4 Å². The van der Waals surface area contributed by atoms with E-state index in [1.807, 2.05) is 12.1 Å². The summed E-state index contributed by atoms with van der Waals surface area (Å²) in [5.74, 6) is 1.38. The van der Waals surface area contributed by atoms with Crippen molar-refractivity contribution in [2.24, 2.45) is 4.99 Å². The van der Waals surface area contributed by atoms with Gasteiger partial charge in [-0.25, -0.2) is 0 Å². The molecule has 180 valence electrons. The Morgan fingerprint density at radius 2 is 1.94 bits per heavy atom. The molecule has 0 radical (unpaired) electrons. The highest BCUT2D eigenvalue weighted by molar-refractivity contribution is 7.16. The van der Waals surface area contributed by atoms with E-state index in [1.165, 1.54) is 16.0 Å². The van der Waals surface area contributed by atoms with E-state index in [0.29, 0.717) is 25.4 Å². The van der Waals surface area contributed by atoms with Gasteiger partial charge in [-0.3, -0.25) is 4.99 Å². The van der Waals surface area contributed by atoms with Crippen LogP contribution in [0.2, 0.25) is 0 Å². The number of hydrogen-bond acceptors (Lipinski definition) is 6. The lowest BCUT2D eigenvalue weighted by Crippen LogP contribution is -2.17. The Bertz CT molecular complexity index is 1350. The fourth-order valence-corrected chi connectivity index (χ4v) is 5.72. The number of aryl methyl sites for hydroxylation is 2. The summed E-state index contributed by atoms with van der Waals surface area (Å²) in [7, 11) is 0. The van der Waals surface area contributed by atoms with Gasteiger partial charge in [0.15, 0.2) is 0 Å². The van der Waals surface area contributed by atoms with Crippen LogP contribution in [0, 0.1) is 20.8 Å². The number of nitrogen functional groups attached to an aromatic ring is 1. The van der Waals surface area contributed by atoms with Crippen LogP contribution in [0.3, 0.4) is 0 Å². The first-order valence-electron chi connectivity index (χ1n) is 11.9. The van der Waals surface area contributed by atoms with E-state index in [1.54, 1.807) is 11.3 Å². The maximum atomic E-state index is 6.25. The predicted octanol–water partition coefficient (Wildman–Crippen LogP) is 6.46. The Balaban J connectivity index is 1.47. The lowest BCUT2D eigenvalue weighted by Gasteiger charge is -2.23. The summed E-state index contributed by atoms with van der Waals surface area (Å²) in [5, 5.41) is 4.63. The number of ether oxygens (including phenoxy) is 2. The SMILES string of the molecule is C=C(CC1N=C(c2ccc(C)cc2)c2c(sc(C)c2C)NC1=C)Oc1ccc(N)c2c1COCC2. The Kier molecular flexibility index (Phi) is 6.26. The molecule has 3 aromatic rings. The van der Waals surface area contributed by atoms with Gasteiger partial charge in [0.1, 0.15) is 10.8 Å². The number of hydrogen-bond donors (Lipinski definition) is 2. The highest BCUT2D eigenvalue weighted by Gasteiger charge is 2.27. The molecule has 0 saturated carbocycles. The normalized spacial score (nSPS) is 17.1. The summed E-state index contributed by atoms with van der Waals surface area (Å²) in [6.45, 7) is 16.1. The molecule has 1 atom stereocenters. The number of thiophene rings is 1. The zero-order valence-electron chi connectivity index (χ0n) is 20.5. The average Bonchev–Trinajstić information content (AvgIpc) is 3.03. The molecule has 35 heavy (non-hydrogen) atoms. The molecule has 0 spiro atoms. The number of nitrogens with two attached hydrogens (primary N) is 1. The van der Waals surface area contributed by atoms with Gasteiger partial charge < -0.3 is 20.5 Å². The summed E-state index contributed by atoms with van der Waals surface area (Å²) in [6.07, 6.45) is 1.30. The third-order valence-electron chi connectivity index (χ3n) is 6.75. The lowest BCUT2D eigenvalue weighted by atomic mass is 9.99. The minimum Gasteiger partial charge on any atom is -0.462 e. The molecule has 1 aromatic heterocycles. The van der Waals surface area contributed by atoms with Gasteiger partial charge in [0.2, 0.25) is 0 Å². The number of fused-ring (bicyclic) bond motifs is 2. The molecule has 5 rings (SSSR count). The van der Waals surface area contributed by atoms with Gasteiger partial charge in [-0.05, 0) is 50.5 Å². The summed E-state index contributed by atoms with van der Waals surface area (Å²) in [5.41, 5.74) is 15.6. The molecule has 0 amide bonds. The third kappa shape index (κ3) is 4.51. The van der Waals surface area contributed by atoms with Gasteiger partial charge in [-0.2, -0.15) is 0 Å². The van der Waals surface area contributed by atoms with Crippen LogP contribution in [-0.2, 0) is 17.8 Å². The van der Waals surface area contributed by atoms with Crippen LogP contribution in [0.4, 0.5) is 10.7 Å². The van der Waals surface area contributed by atoms with Crippen molar-refractivity contribution in [1.82, 2.24) is 0 Å². The van der Waals surface area contributed by atoms with E-state index in [9.17, 15) is 0 Å². The third-order valence-corrected chi connectivity index (χ3v) is 7.87. The molecule has 0 bridgehead atoms. The molecule has 1 unspecified atom stereocenters. The standard InChI is InChI=1S/C29H31N3O2S/c1-16-6-8-21(9-7-16)28-27-18(3)20(5)35-29(27)31-19(4)25(32-28)14-17(2)34-26-11-10-24(30)22-12-13-33-15-23(22)26/h6-11,25,31H,2,4,12-15,30H2,1,3,5H3. The minimum absolute atomic E-state index is 0.223. The molecule has 0 aliphatic carbocycles. The van der Waals surface area contributed by atoms with Crippen molar-refractivity contribution >= 4 is 27.7 Å². The molecular weight excluding hydrogens is 454 g/mol. The zero-order chi connectivity index (χ0) is 24.7. The van der Waals surface area contributed by atoms with Gasteiger partial charge >= 0.3 is 0 Å². The lowest BCUT2D eigenvalue weighted by molar-refractivity contribution is 0.109. The fourth-order valence-electron chi connectivity index (χ4n) is 4.63. The summed E-state index contributed by atoms with van der Waals surface area (Å²) >= 11 is 1.74. The highest BCUT2D eigenvalue weighted by atomic mass is 32.1. The van der Waals surface area contributed by atoms with Crippen LogP contribution < -0.4 is 15.8 Å². The van der Waals surface area contributed by atoms with Crippen molar-refractivity contribution < 1.29 is 9.47 Å². The molecule has 0 saturated heterocycles. The zero-order valence-corrected chi connectivity index (χ0v) is 21.3. The summed E-state index contributed by atoms with van der Waals surface area (Å²) in [4.78, 5) is 6.51. The maximum absolute atomic E-state index is 6.25. The van der Waals surface area contributed by atoms with Gasteiger partial charge in [0.25, 0.3) is 0 Å². The quantitative estimate of drug-likeness (QED) is 0.322. The maximum Gasteiger partial charge on any atom is 0.132 e. The molecule has 0 fully saturated rings. The average molecular weight is 486 g/mol. The van der Waals surface area contributed by atoms with Crippen molar-refractivity contribution in [3.63, 3.8) is 0 Å². The van der Waals surface area contributed by atoms with Crippen LogP contribution in [0.5, 0.6) is 5.75 Å². The minimum atomic E-state index is -0.223. The van der Waals surface area contributed by atoms with E-state index in [4.69, 9.17) is 20.2 Å². The van der Waals surface area contributed by atoms with Crippen LogP contribution in [-0.4, -0.2) is 18.4 Å². The van der Waals surface area contributed by atoms with E-state index in [-0.39, 0.29) is 6.04 Å². The first kappa shape index (κ1) is 23.4. The largest absolute Gasteiger partial charge is 0.462 e. The van der Waals surface area contributed by atoms with Crippen molar-refractivity contribution in [2.75, 3.05) is 17.7 Å². The van der Waals surface area contributed by atoms with E-state index >= 15 is 0 Å². The van der Waals surface area contributed by atoms with Crippen molar-refractivity contribution in [2.45, 2.75) is 46.3 Å². The summed E-state index contributed by atoms with van der Waals surface area (Å²) < 4.78 is 11.9. The van der Waals surface area contributed by atoms with E-state index in [0.717, 1.165) is 56.5 Å². The van der Waals surface area contributed by atoms with Crippen LogP contribution in [0.25, 0.3) is 0 Å². The van der Waals surface area contributed by atoms with Crippen LogP contribution in [0.15, 0.2) is 66.0 Å². The number of aliphatic imine (C=N–C) groups is 1. The van der Waals surface area contributed by atoms with Gasteiger partial charge in [0.05, 0.1) is 30.7 Å². The Hall–Kier alpha value is -3.35.